The fourth-order valence-corrected chi connectivity index (χ4v) is 2.96. The number of benzene rings is 1. The van der Waals surface area contributed by atoms with E-state index in [0.717, 1.165) is 11.4 Å². The van der Waals surface area contributed by atoms with Gasteiger partial charge in [-0.1, -0.05) is 6.07 Å². The van der Waals surface area contributed by atoms with Gasteiger partial charge in [0.2, 0.25) is 0 Å². The minimum atomic E-state index is -0.447. The van der Waals surface area contributed by atoms with Crippen molar-refractivity contribution in [1.29, 1.82) is 0 Å². The molecule has 0 saturated heterocycles. The van der Waals surface area contributed by atoms with E-state index in [0.29, 0.717) is 17.8 Å². The van der Waals surface area contributed by atoms with Crippen LogP contribution in [0.1, 0.15) is 10.4 Å². The van der Waals surface area contributed by atoms with Gasteiger partial charge in [-0.05, 0) is 30.0 Å². The Hall–Kier alpha value is -2.25. The van der Waals surface area contributed by atoms with Gasteiger partial charge in [0.25, 0.3) is 11.6 Å². The summed E-state index contributed by atoms with van der Waals surface area (Å²) in [4.78, 5) is 24.6. The average molecular weight is 320 g/mol. The predicted octanol–water partition coefficient (Wildman–Crippen LogP) is 1.62. The van der Waals surface area contributed by atoms with E-state index in [1.54, 1.807) is 24.3 Å². The fourth-order valence-electron chi connectivity index (χ4n) is 2.14. The monoisotopic (exact) mass is 320 g/mol. The molecule has 0 saturated carbocycles. The van der Waals surface area contributed by atoms with Crippen molar-refractivity contribution in [3.05, 3.63) is 56.3 Å². The van der Waals surface area contributed by atoms with Gasteiger partial charge in [-0.25, -0.2) is 0 Å². The summed E-state index contributed by atoms with van der Waals surface area (Å²) < 4.78 is 0. The van der Waals surface area contributed by atoms with Crippen molar-refractivity contribution < 1.29 is 14.6 Å². The van der Waals surface area contributed by atoms with Crippen molar-refractivity contribution in [2.75, 3.05) is 18.9 Å². The lowest BCUT2D eigenvalue weighted by Gasteiger charge is -2.13. The molecule has 116 valence electrons. The minimum Gasteiger partial charge on any atom is -0.325 e. The Kier molecular flexibility index (Phi) is 5.24. The van der Waals surface area contributed by atoms with E-state index in [-0.39, 0.29) is 11.6 Å². The summed E-state index contributed by atoms with van der Waals surface area (Å²) in [6.07, 6.45) is 0. The number of aryl methyl sites for hydroxylation is 1. The topological polar surface area (TPSA) is 76.7 Å². The summed E-state index contributed by atoms with van der Waals surface area (Å²) in [5, 5.41) is 15.5. The molecule has 1 unspecified atom stereocenters. The number of quaternary nitrogens is 1. The lowest BCUT2D eigenvalue weighted by molar-refractivity contribution is -0.884. The van der Waals surface area contributed by atoms with Crippen molar-refractivity contribution >= 4 is 28.6 Å². The Balaban J connectivity index is 1.93. The molecule has 1 aromatic carbocycles. The highest BCUT2D eigenvalue weighted by atomic mass is 32.1. The third kappa shape index (κ3) is 4.37. The van der Waals surface area contributed by atoms with Gasteiger partial charge in [-0.15, -0.1) is 11.3 Å². The van der Waals surface area contributed by atoms with Crippen LogP contribution in [0.15, 0.2) is 35.7 Å². The summed E-state index contributed by atoms with van der Waals surface area (Å²) in [6, 6.07) is 8.46. The van der Waals surface area contributed by atoms with Crippen LogP contribution in [0.4, 0.5) is 11.4 Å². The normalized spacial score (nSPS) is 11.9. The second-order valence-electron chi connectivity index (χ2n) is 5.19. The molecule has 0 aliphatic carbocycles. The molecule has 0 spiro atoms. The first kappa shape index (κ1) is 16.1. The molecule has 2 aromatic rings. The van der Waals surface area contributed by atoms with Crippen LogP contribution in [-0.2, 0) is 11.3 Å². The van der Waals surface area contributed by atoms with Crippen LogP contribution in [0, 0.1) is 17.0 Å². The lowest BCUT2D eigenvalue weighted by Crippen LogP contribution is -3.08. The standard InChI is InChI=1S/C15H17N3O3S/c1-11-8-12(18(20)21)5-6-14(11)16-15(19)10-17(2)9-13-4-3-7-22-13/h3-8H,9-10H2,1-2H3,(H,16,19)/p+1. The summed E-state index contributed by atoms with van der Waals surface area (Å²) in [5.41, 5.74) is 1.31. The zero-order chi connectivity index (χ0) is 16.1. The number of hydrogen-bond donors (Lipinski definition) is 2. The third-order valence-corrected chi connectivity index (χ3v) is 4.09. The van der Waals surface area contributed by atoms with Gasteiger partial charge >= 0.3 is 0 Å². The zero-order valence-corrected chi connectivity index (χ0v) is 13.3. The number of nitrogens with one attached hydrogen (secondary N) is 2. The predicted molar refractivity (Wildman–Crippen MR) is 86.2 cm³/mol. The molecule has 0 aliphatic heterocycles. The van der Waals surface area contributed by atoms with Crippen LogP contribution < -0.4 is 10.2 Å². The number of nitro benzene ring substituents is 1. The molecule has 1 heterocycles. The van der Waals surface area contributed by atoms with E-state index in [4.69, 9.17) is 0 Å². The Morgan fingerprint density at radius 2 is 2.18 bits per heavy atom. The summed E-state index contributed by atoms with van der Waals surface area (Å²) in [6.45, 7) is 2.88. The molecule has 0 bridgehead atoms. The maximum atomic E-state index is 12.1. The van der Waals surface area contributed by atoms with E-state index >= 15 is 0 Å². The molecule has 0 radical (unpaired) electrons. The first-order valence-electron chi connectivity index (χ1n) is 6.84. The molecule has 1 atom stereocenters. The summed E-state index contributed by atoms with van der Waals surface area (Å²) in [7, 11) is 1.96. The molecule has 22 heavy (non-hydrogen) atoms. The molecule has 0 fully saturated rings. The highest BCUT2D eigenvalue weighted by molar-refractivity contribution is 7.09. The number of nitrogens with zero attached hydrogens (tertiary/aromatic N) is 1. The molecule has 2 N–H and O–H groups in total. The Labute approximate surface area is 132 Å². The largest absolute Gasteiger partial charge is 0.325 e. The highest BCUT2D eigenvalue weighted by Gasteiger charge is 2.14. The van der Waals surface area contributed by atoms with Gasteiger partial charge in [-0.3, -0.25) is 14.9 Å². The molecule has 0 aliphatic rings. The van der Waals surface area contributed by atoms with Gasteiger partial charge in [0.1, 0.15) is 6.54 Å². The third-order valence-electron chi connectivity index (χ3n) is 3.21. The van der Waals surface area contributed by atoms with Crippen molar-refractivity contribution in [2.45, 2.75) is 13.5 Å². The van der Waals surface area contributed by atoms with E-state index in [1.807, 2.05) is 24.6 Å². The quantitative estimate of drug-likeness (QED) is 0.627. The summed E-state index contributed by atoms with van der Waals surface area (Å²) in [5.74, 6) is -0.106. The van der Waals surface area contributed by atoms with Crippen molar-refractivity contribution in [3.63, 3.8) is 0 Å². The Morgan fingerprint density at radius 3 is 2.77 bits per heavy atom. The van der Waals surface area contributed by atoms with Crippen molar-refractivity contribution in [3.8, 4) is 0 Å². The second-order valence-corrected chi connectivity index (χ2v) is 6.23. The molecular formula is C15H18N3O3S+. The van der Waals surface area contributed by atoms with E-state index in [9.17, 15) is 14.9 Å². The lowest BCUT2D eigenvalue weighted by atomic mass is 10.2. The number of thiophene rings is 1. The van der Waals surface area contributed by atoms with E-state index in [2.05, 4.69) is 5.32 Å². The van der Waals surface area contributed by atoms with Crippen LogP contribution in [0.3, 0.4) is 0 Å². The van der Waals surface area contributed by atoms with Crippen LogP contribution >= 0.6 is 11.3 Å². The molecule has 7 heteroatoms. The fraction of sp³-hybridized carbons (Fsp3) is 0.267. The molecule has 1 aromatic heterocycles. The number of nitro groups is 1. The second kappa shape index (κ2) is 7.15. The number of rotatable bonds is 6. The van der Waals surface area contributed by atoms with Crippen molar-refractivity contribution in [1.82, 2.24) is 0 Å². The van der Waals surface area contributed by atoms with Crippen LogP contribution in [0.5, 0.6) is 0 Å². The maximum absolute atomic E-state index is 12.1. The van der Waals surface area contributed by atoms with Crippen molar-refractivity contribution in [2.24, 2.45) is 0 Å². The average Bonchev–Trinajstić information content (AvgIpc) is 2.93. The SMILES string of the molecule is Cc1cc([N+](=O)[O-])ccc1NC(=O)C[NH+](C)Cc1cccs1. The number of non-ortho nitro benzene ring substituents is 1. The maximum Gasteiger partial charge on any atom is 0.279 e. The van der Waals surface area contributed by atoms with E-state index in [1.165, 1.54) is 17.0 Å². The molecule has 6 nitrogen and oxygen atoms in total. The number of likely N-dealkylation sites (N-methyl/N-ethyl adjacent to an activating group) is 1. The number of anilines is 1. The smallest absolute Gasteiger partial charge is 0.279 e. The first-order chi connectivity index (χ1) is 10.5. The van der Waals surface area contributed by atoms with Crippen LogP contribution in [-0.4, -0.2) is 24.4 Å². The number of carbonyl (C=O) groups excluding carboxylic acids is 1. The van der Waals surface area contributed by atoms with Gasteiger partial charge in [0, 0.05) is 17.8 Å². The van der Waals surface area contributed by atoms with Gasteiger partial charge in [0.05, 0.1) is 16.8 Å². The van der Waals surface area contributed by atoms with Gasteiger partial charge in [-0.2, -0.15) is 0 Å². The number of carbonyl (C=O) groups is 1. The highest BCUT2D eigenvalue weighted by Crippen LogP contribution is 2.20. The van der Waals surface area contributed by atoms with E-state index < -0.39 is 4.92 Å². The molecular weight excluding hydrogens is 302 g/mol. The first-order valence-corrected chi connectivity index (χ1v) is 7.72. The number of hydrogen-bond acceptors (Lipinski definition) is 4. The Bertz CT molecular complexity index is 671. The minimum absolute atomic E-state index is 0.0240. The van der Waals surface area contributed by atoms with Gasteiger partial charge < -0.3 is 10.2 Å². The van der Waals surface area contributed by atoms with Crippen LogP contribution in [0.2, 0.25) is 0 Å². The van der Waals surface area contributed by atoms with Crippen LogP contribution in [0.25, 0.3) is 0 Å². The van der Waals surface area contributed by atoms with Gasteiger partial charge in [0.15, 0.2) is 6.54 Å². The molecule has 1 amide bonds. The molecule has 2 rings (SSSR count). The number of amides is 1. The zero-order valence-electron chi connectivity index (χ0n) is 12.5. The summed E-state index contributed by atoms with van der Waals surface area (Å²) >= 11 is 1.67. The Morgan fingerprint density at radius 1 is 1.41 bits per heavy atom.